The molecule has 0 amide bonds. The number of rotatable bonds is 7. The van der Waals surface area contributed by atoms with Crippen LogP contribution in [0.4, 0.5) is 10.2 Å². The van der Waals surface area contributed by atoms with E-state index in [1.807, 2.05) is 23.1 Å². The zero-order valence-corrected chi connectivity index (χ0v) is 17.4. The minimum absolute atomic E-state index is 0.00916. The van der Waals surface area contributed by atoms with Crippen LogP contribution in [0, 0.1) is 5.82 Å². The molecule has 1 aromatic heterocycles. The van der Waals surface area contributed by atoms with E-state index in [-0.39, 0.29) is 11.6 Å². The Morgan fingerprint density at radius 2 is 1.74 bits per heavy atom. The first-order valence-corrected chi connectivity index (χ1v) is 10.7. The van der Waals surface area contributed by atoms with E-state index in [2.05, 4.69) is 22.1 Å². The summed E-state index contributed by atoms with van der Waals surface area (Å²) < 4.78 is 13.2. The van der Waals surface area contributed by atoms with E-state index >= 15 is 0 Å². The van der Waals surface area contributed by atoms with Crippen LogP contribution in [0.2, 0.25) is 0 Å². The summed E-state index contributed by atoms with van der Waals surface area (Å²) in [5.41, 5.74) is 1.34. The lowest BCUT2D eigenvalue weighted by molar-refractivity contribution is 0.0116. The summed E-state index contributed by atoms with van der Waals surface area (Å²) >= 11 is 0. The maximum atomic E-state index is 13.2. The molecule has 0 unspecified atom stereocenters. The van der Waals surface area contributed by atoms with E-state index in [4.69, 9.17) is 0 Å². The summed E-state index contributed by atoms with van der Waals surface area (Å²) in [5.74, 6) is 0.325. The number of aliphatic hydroxyl groups is 1. The van der Waals surface area contributed by atoms with E-state index in [1.54, 1.807) is 18.3 Å². The van der Waals surface area contributed by atoms with Gasteiger partial charge < -0.3 is 10.0 Å². The molecule has 2 heterocycles. The zero-order valence-electron chi connectivity index (χ0n) is 17.4. The average molecular weight is 420 g/mol. The Hall–Kier alpha value is -3.12. The standard InChI is InChI=1S/C25H26FN3O2/c26-21-11-9-20(10-12-21)25(31)13-15-29(16-14-25)24-18-27-17-22(28-24)23(30)8-4-7-19-5-2-1-3-6-19/h1-3,5-6,9-12,17-18,31H,4,7-8,13-16H2. The molecule has 0 bridgehead atoms. The van der Waals surface area contributed by atoms with Gasteiger partial charge in [-0.15, -0.1) is 0 Å². The second-order valence-corrected chi connectivity index (χ2v) is 8.05. The smallest absolute Gasteiger partial charge is 0.182 e. The van der Waals surface area contributed by atoms with Crippen molar-refractivity contribution in [1.82, 2.24) is 9.97 Å². The van der Waals surface area contributed by atoms with Gasteiger partial charge in [-0.3, -0.25) is 9.78 Å². The predicted molar refractivity (Wildman–Crippen MR) is 117 cm³/mol. The molecule has 4 rings (SSSR count). The third-order valence-corrected chi connectivity index (χ3v) is 5.92. The fourth-order valence-electron chi connectivity index (χ4n) is 4.02. The number of anilines is 1. The maximum Gasteiger partial charge on any atom is 0.182 e. The molecule has 0 saturated carbocycles. The molecule has 0 radical (unpaired) electrons. The molecule has 0 spiro atoms. The Balaban J connectivity index is 1.35. The number of nitrogens with zero attached hydrogens (tertiary/aromatic N) is 3. The quantitative estimate of drug-likeness (QED) is 0.578. The van der Waals surface area contributed by atoms with Gasteiger partial charge in [-0.2, -0.15) is 0 Å². The van der Waals surface area contributed by atoms with Crippen LogP contribution in [-0.2, 0) is 12.0 Å². The third-order valence-electron chi connectivity index (χ3n) is 5.92. The van der Waals surface area contributed by atoms with Crippen molar-refractivity contribution in [3.8, 4) is 0 Å². The summed E-state index contributed by atoms with van der Waals surface area (Å²) in [7, 11) is 0. The lowest BCUT2D eigenvalue weighted by Crippen LogP contribution is -2.43. The highest BCUT2D eigenvalue weighted by atomic mass is 19.1. The molecular formula is C25H26FN3O2. The van der Waals surface area contributed by atoms with Gasteiger partial charge in [0, 0.05) is 19.5 Å². The average Bonchev–Trinajstić information content (AvgIpc) is 2.81. The lowest BCUT2D eigenvalue weighted by atomic mass is 9.84. The van der Waals surface area contributed by atoms with Crippen LogP contribution in [0.5, 0.6) is 0 Å². The van der Waals surface area contributed by atoms with E-state index < -0.39 is 5.60 Å². The van der Waals surface area contributed by atoms with E-state index in [0.717, 1.165) is 18.4 Å². The van der Waals surface area contributed by atoms with E-state index in [1.165, 1.54) is 23.9 Å². The number of hydrogen-bond acceptors (Lipinski definition) is 5. The topological polar surface area (TPSA) is 66.3 Å². The Kier molecular flexibility index (Phi) is 6.37. The van der Waals surface area contributed by atoms with Crippen molar-refractivity contribution < 1.29 is 14.3 Å². The van der Waals surface area contributed by atoms with Crippen LogP contribution in [0.25, 0.3) is 0 Å². The minimum Gasteiger partial charge on any atom is -0.385 e. The van der Waals surface area contributed by atoms with Crippen LogP contribution in [-0.4, -0.2) is 33.9 Å². The molecule has 1 aliphatic heterocycles. The number of carbonyl (C=O) groups is 1. The number of halogens is 1. The molecule has 5 nitrogen and oxygen atoms in total. The Morgan fingerprint density at radius 1 is 1.03 bits per heavy atom. The largest absolute Gasteiger partial charge is 0.385 e. The molecule has 31 heavy (non-hydrogen) atoms. The fraction of sp³-hybridized carbons (Fsp3) is 0.320. The van der Waals surface area contributed by atoms with Gasteiger partial charge in [0.2, 0.25) is 0 Å². The number of hydrogen-bond donors (Lipinski definition) is 1. The van der Waals surface area contributed by atoms with Gasteiger partial charge in [0.25, 0.3) is 0 Å². The first-order valence-electron chi connectivity index (χ1n) is 10.7. The molecule has 2 aromatic carbocycles. The molecule has 1 aliphatic rings. The van der Waals surface area contributed by atoms with Gasteiger partial charge >= 0.3 is 0 Å². The van der Waals surface area contributed by atoms with Gasteiger partial charge in [0.1, 0.15) is 17.3 Å². The number of piperidine rings is 1. The minimum atomic E-state index is -0.984. The molecule has 3 aromatic rings. The number of aryl methyl sites for hydroxylation is 1. The van der Waals surface area contributed by atoms with Crippen molar-refractivity contribution in [3.63, 3.8) is 0 Å². The molecule has 1 fully saturated rings. The number of benzene rings is 2. The van der Waals surface area contributed by atoms with Crippen molar-refractivity contribution >= 4 is 11.6 Å². The molecule has 1 saturated heterocycles. The molecular weight excluding hydrogens is 393 g/mol. The van der Waals surface area contributed by atoms with Gasteiger partial charge in [-0.25, -0.2) is 9.37 Å². The third kappa shape index (κ3) is 5.14. The summed E-state index contributed by atoms with van der Waals surface area (Å²) in [5, 5.41) is 11.0. The fourth-order valence-corrected chi connectivity index (χ4v) is 4.02. The monoisotopic (exact) mass is 419 g/mol. The lowest BCUT2D eigenvalue weighted by Gasteiger charge is -2.39. The van der Waals surface area contributed by atoms with Crippen LogP contribution < -0.4 is 4.90 Å². The van der Waals surface area contributed by atoms with Gasteiger partial charge in [0.05, 0.1) is 18.0 Å². The Bertz CT molecular complexity index is 1020. The molecule has 6 heteroatoms. The maximum absolute atomic E-state index is 13.2. The highest BCUT2D eigenvalue weighted by molar-refractivity contribution is 5.94. The molecule has 0 aliphatic carbocycles. The van der Waals surface area contributed by atoms with Gasteiger partial charge in [0.15, 0.2) is 5.78 Å². The second kappa shape index (κ2) is 9.35. The molecule has 1 N–H and O–H groups in total. The summed E-state index contributed by atoms with van der Waals surface area (Å²) in [6.07, 6.45) is 6.22. The van der Waals surface area contributed by atoms with E-state index in [0.29, 0.717) is 43.9 Å². The van der Waals surface area contributed by atoms with Crippen LogP contribution in [0.15, 0.2) is 67.0 Å². The Labute approximate surface area is 181 Å². The van der Waals surface area contributed by atoms with Crippen LogP contribution >= 0.6 is 0 Å². The number of ketones is 1. The summed E-state index contributed by atoms with van der Waals surface area (Å²) in [6.45, 7) is 1.16. The summed E-state index contributed by atoms with van der Waals surface area (Å²) in [6, 6.07) is 16.1. The van der Waals surface area contributed by atoms with Crippen molar-refractivity contribution in [3.05, 3.63) is 89.6 Å². The SMILES string of the molecule is O=C(CCCc1ccccc1)c1cncc(N2CCC(O)(c3ccc(F)cc3)CC2)n1. The zero-order chi connectivity index (χ0) is 21.7. The Morgan fingerprint density at radius 3 is 2.45 bits per heavy atom. The highest BCUT2D eigenvalue weighted by Crippen LogP contribution is 2.34. The van der Waals surface area contributed by atoms with E-state index in [9.17, 15) is 14.3 Å². The number of aromatic nitrogens is 2. The number of carbonyl (C=O) groups excluding carboxylic acids is 1. The number of Topliss-reactive ketones (excluding diaryl/α,β-unsaturated/α-hetero) is 1. The van der Waals surface area contributed by atoms with Crippen LogP contribution in [0.1, 0.15) is 47.3 Å². The van der Waals surface area contributed by atoms with Gasteiger partial charge in [-0.05, 0) is 48.9 Å². The molecule has 160 valence electrons. The first-order chi connectivity index (χ1) is 15.0. The predicted octanol–water partition coefficient (Wildman–Crippen LogP) is 4.31. The first kappa shape index (κ1) is 21.1. The van der Waals surface area contributed by atoms with Crippen molar-refractivity contribution in [2.75, 3.05) is 18.0 Å². The summed E-state index contributed by atoms with van der Waals surface area (Å²) in [4.78, 5) is 23.4. The van der Waals surface area contributed by atoms with Crippen molar-refractivity contribution in [1.29, 1.82) is 0 Å². The second-order valence-electron chi connectivity index (χ2n) is 8.05. The molecule has 0 atom stereocenters. The van der Waals surface area contributed by atoms with Crippen molar-refractivity contribution in [2.45, 2.75) is 37.7 Å². The van der Waals surface area contributed by atoms with Gasteiger partial charge in [-0.1, -0.05) is 42.5 Å². The van der Waals surface area contributed by atoms with Crippen molar-refractivity contribution in [2.24, 2.45) is 0 Å². The normalized spacial score (nSPS) is 15.6. The van der Waals surface area contributed by atoms with Crippen LogP contribution in [0.3, 0.4) is 0 Å². The highest BCUT2D eigenvalue weighted by Gasteiger charge is 2.34.